The molecular formula is C16H22N2O2. The summed E-state index contributed by atoms with van der Waals surface area (Å²) in [6, 6.07) is 11.8. The van der Waals surface area contributed by atoms with E-state index >= 15 is 0 Å². The number of aliphatic hydroxyl groups is 1. The standard InChI is InChI=1S/C16H22N2O2/c1-4-18-14(10-12(2)17-18)11-15(19)16(20-3)13-8-6-5-7-9-13/h5-10,15-16,19H,4,11H2,1-3H3. The summed E-state index contributed by atoms with van der Waals surface area (Å²) in [5.41, 5.74) is 3.00. The summed E-state index contributed by atoms with van der Waals surface area (Å²) in [5, 5.41) is 14.9. The highest BCUT2D eigenvalue weighted by Gasteiger charge is 2.22. The van der Waals surface area contributed by atoms with Crippen molar-refractivity contribution in [3.05, 3.63) is 53.3 Å². The summed E-state index contributed by atoms with van der Waals surface area (Å²) < 4.78 is 7.40. The molecule has 108 valence electrons. The van der Waals surface area contributed by atoms with Crippen LogP contribution in [0.2, 0.25) is 0 Å². The van der Waals surface area contributed by atoms with E-state index in [2.05, 4.69) is 5.10 Å². The molecule has 0 aliphatic heterocycles. The number of methoxy groups -OCH3 is 1. The molecule has 0 fully saturated rings. The summed E-state index contributed by atoms with van der Waals surface area (Å²) in [6.07, 6.45) is -0.386. The largest absolute Gasteiger partial charge is 0.390 e. The summed E-state index contributed by atoms with van der Waals surface area (Å²) in [6.45, 7) is 4.82. The molecule has 4 heteroatoms. The van der Waals surface area contributed by atoms with Crippen LogP contribution in [-0.4, -0.2) is 28.1 Å². The van der Waals surface area contributed by atoms with Crippen molar-refractivity contribution in [2.75, 3.05) is 7.11 Å². The van der Waals surface area contributed by atoms with Crippen LogP contribution in [0.3, 0.4) is 0 Å². The number of aryl methyl sites for hydroxylation is 2. The highest BCUT2D eigenvalue weighted by molar-refractivity contribution is 5.20. The number of nitrogens with zero attached hydrogens (tertiary/aromatic N) is 2. The zero-order valence-corrected chi connectivity index (χ0v) is 12.3. The smallest absolute Gasteiger partial charge is 0.108 e. The van der Waals surface area contributed by atoms with Crippen LogP contribution in [0.15, 0.2) is 36.4 Å². The van der Waals surface area contributed by atoms with Gasteiger partial charge in [-0.3, -0.25) is 4.68 Å². The minimum absolute atomic E-state index is 0.322. The van der Waals surface area contributed by atoms with Gasteiger partial charge in [0, 0.05) is 25.8 Å². The molecule has 0 aliphatic carbocycles. The summed E-state index contributed by atoms with van der Waals surface area (Å²) >= 11 is 0. The molecule has 0 bridgehead atoms. The molecule has 1 aromatic heterocycles. The Bertz CT molecular complexity index is 537. The highest BCUT2D eigenvalue weighted by Crippen LogP contribution is 2.23. The molecule has 2 aromatic rings. The van der Waals surface area contributed by atoms with Gasteiger partial charge in [-0.15, -0.1) is 0 Å². The van der Waals surface area contributed by atoms with E-state index in [9.17, 15) is 5.11 Å². The molecule has 0 spiro atoms. The van der Waals surface area contributed by atoms with Crippen LogP contribution in [0.5, 0.6) is 0 Å². The van der Waals surface area contributed by atoms with Gasteiger partial charge in [-0.1, -0.05) is 30.3 Å². The zero-order valence-electron chi connectivity index (χ0n) is 12.3. The van der Waals surface area contributed by atoms with Crippen LogP contribution in [0, 0.1) is 6.92 Å². The first-order valence-corrected chi connectivity index (χ1v) is 6.94. The van der Waals surface area contributed by atoms with Crippen LogP contribution in [0.1, 0.15) is 30.0 Å². The Morgan fingerprint density at radius 2 is 2.00 bits per heavy atom. The average molecular weight is 274 g/mol. The topological polar surface area (TPSA) is 47.3 Å². The maximum Gasteiger partial charge on any atom is 0.108 e. The van der Waals surface area contributed by atoms with Gasteiger partial charge in [-0.25, -0.2) is 0 Å². The van der Waals surface area contributed by atoms with E-state index < -0.39 is 6.10 Å². The fourth-order valence-electron chi connectivity index (χ4n) is 2.52. The fourth-order valence-corrected chi connectivity index (χ4v) is 2.52. The van der Waals surface area contributed by atoms with Crippen molar-refractivity contribution in [3.63, 3.8) is 0 Å². The lowest BCUT2D eigenvalue weighted by atomic mass is 10.0. The monoisotopic (exact) mass is 274 g/mol. The number of aromatic nitrogens is 2. The number of aliphatic hydroxyl groups excluding tert-OH is 1. The Labute approximate surface area is 120 Å². The second-order valence-electron chi connectivity index (χ2n) is 4.93. The van der Waals surface area contributed by atoms with E-state index in [0.29, 0.717) is 6.42 Å². The molecule has 2 atom stereocenters. The van der Waals surface area contributed by atoms with Crippen molar-refractivity contribution in [3.8, 4) is 0 Å². The fraction of sp³-hybridized carbons (Fsp3) is 0.438. The first-order valence-electron chi connectivity index (χ1n) is 6.94. The molecule has 20 heavy (non-hydrogen) atoms. The Morgan fingerprint density at radius 1 is 1.30 bits per heavy atom. The predicted molar refractivity (Wildman–Crippen MR) is 78.5 cm³/mol. The van der Waals surface area contributed by atoms with E-state index in [0.717, 1.165) is 23.5 Å². The molecule has 0 amide bonds. The molecule has 4 nitrogen and oxygen atoms in total. The zero-order chi connectivity index (χ0) is 14.5. The molecule has 0 saturated carbocycles. The van der Waals surface area contributed by atoms with Gasteiger partial charge in [0.1, 0.15) is 6.10 Å². The number of rotatable bonds is 6. The second kappa shape index (κ2) is 6.68. The SMILES string of the molecule is CCn1nc(C)cc1CC(O)C(OC)c1ccccc1. The lowest BCUT2D eigenvalue weighted by Crippen LogP contribution is -2.24. The molecule has 2 unspecified atom stereocenters. The molecule has 0 aliphatic rings. The number of benzene rings is 1. The summed E-state index contributed by atoms with van der Waals surface area (Å²) in [4.78, 5) is 0. The van der Waals surface area contributed by atoms with Crippen LogP contribution in [0.25, 0.3) is 0 Å². The van der Waals surface area contributed by atoms with Gasteiger partial charge in [-0.05, 0) is 25.5 Å². The van der Waals surface area contributed by atoms with Gasteiger partial charge in [0.05, 0.1) is 11.8 Å². The predicted octanol–water partition coefficient (Wildman–Crippen LogP) is 2.50. The van der Waals surface area contributed by atoms with Crippen molar-refractivity contribution >= 4 is 0 Å². The summed E-state index contributed by atoms with van der Waals surface area (Å²) in [5.74, 6) is 0. The van der Waals surface area contributed by atoms with Crippen LogP contribution in [-0.2, 0) is 17.7 Å². The highest BCUT2D eigenvalue weighted by atomic mass is 16.5. The maximum atomic E-state index is 10.5. The van der Waals surface area contributed by atoms with Crippen molar-refractivity contribution in [2.24, 2.45) is 0 Å². The minimum atomic E-state index is -0.594. The van der Waals surface area contributed by atoms with E-state index in [4.69, 9.17) is 4.74 Å². The minimum Gasteiger partial charge on any atom is -0.390 e. The molecule has 1 heterocycles. The third-order valence-electron chi connectivity index (χ3n) is 3.43. The van der Waals surface area contributed by atoms with E-state index in [-0.39, 0.29) is 6.10 Å². The van der Waals surface area contributed by atoms with Gasteiger partial charge in [0.25, 0.3) is 0 Å². The Kier molecular flexibility index (Phi) is 4.93. The summed E-state index contributed by atoms with van der Waals surface area (Å²) in [7, 11) is 1.63. The molecule has 1 aromatic carbocycles. The molecule has 1 N–H and O–H groups in total. The van der Waals surface area contributed by atoms with E-state index in [1.807, 2.05) is 54.9 Å². The second-order valence-corrected chi connectivity index (χ2v) is 4.93. The molecule has 0 radical (unpaired) electrons. The molecular weight excluding hydrogens is 252 g/mol. The van der Waals surface area contributed by atoms with Gasteiger partial charge in [0.2, 0.25) is 0 Å². The first-order chi connectivity index (χ1) is 9.65. The number of hydrogen-bond acceptors (Lipinski definition) is 3. The first kappa shape index (κ1) is 14.8. The Balaban J connectivity index is 2.15. The van der Waals surface area contributed by atoms with Crippen molar-refractivity contribution < 1.29 is 9.84 Å². The van der Waals surface area contributed by atoms with Crippen LogP contribution >= 0.6 is 0 Å². The normalized spacial score (nSPS) is 14.2. The van der Waals surface area contributed by atoms with Crippen LogP contribution < -0.4 is 0 Å². The average Bonchev–Trinajstić information content (AvgIpc) is 2.80. The van der Waals surface area contributed by atoms with Crippen molar-refractivity contribution in [2.45, 2.75) is 39.0 Å². The quantitative estimate of drug-likeness (QED) is 0.880. The van der Waals surface area contributed by atoms with E-state index in [1.165, 1.54) is 0 Å². The van der Waals surface area contributed by atoms with Crippen molar-refractivity contribution in [1.29, 1.82) is 0 Å². The number of hydrogen-bond donors (Lipinski definition) is 1. The number of ether oxygens (including phenoxy) is 1. The molecule has 2 rings (SSSR count). The Morgan fingerprint density at radius 3 is 2.60 bits per heavy atom. The third kappa shape index (κ3) is 3.26. The van der Waals surface area contributed by atoms with E-state index in [1.54, 1.807) is 7.11 Å². The van der Waals surface area contributed by atoms with Gasteiger partial charge >= 0.3 is 0 Å². The van der Waals surface area contributed by atoms with Crippen molar-refractivity contribution in [1.82, 2.24) is 9.78 Å². The molecule has 0 saturated heterocycles. The lowest BCUT2D eigenvalue weighted by molar-refractivity contribution is -0.0137. The van der Waals surface area contributed by atoms with Gasteiger partial charge < -0.3 is 9.84 Å². The third-order valence-corrected chi connectivity index (χ3v) is 3.43. The maximum absolute atomic E-state index is 10.5. The van der Waals surface area contributed by atoms with Gasteiger partial charge in [-0.2, -0.15) is 5.10 Å². The lowest BCUT2D eigenvalue weighted by Gasteiger charge is -2.22. The Hall–Kier alpha value is -1.65. The van der Waals surface area contributed by atoms with Crippen LogP contribution in [0.4, 0.5) is 0 Å². The van der Waals surface area contributed by atoms with Gasteiger partial charge in [0.15, 0.2) is 0 Å².